The molecule has 162 valence electrons. The van der Waals surface area contributed by atoms with E-state index in [-0.39, 0.29) is 17.1 Å². The van der Waals surface area contributed by atoms with E-state index < -0.39 is 23.5 Å². The van der Waals surface area contributed by atoms with Crippen LogP contribution in [0.1, 0.15) is 17.2 Å². The summed E-state index contributed by atoms with van der Waals surface area (Å²) in [6.45, 7) is 0. The van der Waals surface area contributed by atoms with Gasteiger partial charge in [0, 0.05) is 11.3 Å². The van der Waals surface area contributed by atoms with Gasteiger partial charge < -0.3 is 10.2 Å². The van der Waals surface area contributed by atoms with Crippen LogP contribution in [0.15, 0.2) is 96.6 Å². The van der Waals surface area contributed by atoms with Crippen molar-refractivity contribution in [3.05, 3.63) is 114 Å². The number of amides is 1. The summed E-state index contributed by atoms with van der Waals surface area (Å²) in [7, 11) is 0. The fraction of sp³-hybridized carbons (Fsp3) is 0.0370. The van der Waals surface area contributed by atoms with Crippen LogP contribution in [0.4, 0.5) is 10.1 Å². The summed E-state index contributed by atoms with van der Waals surface area (Å²) in [6, 6.07) is 23.1. The lowest BCUT2D eigenvalue weighted by Gasteiger charge is -2.25. The number of Topliss-reactive ketones (excluding diaryl/α,β-unsaturated/α-hetero) is 1. The van der Waals surface area contributed by atoms with Gasteiger partial charge in [0.15, 0.2) is 0 Å². The Hall–Kier alpha value is -4.45. The first-order valence-electron chi connectivity index (χ1n) is 10.3. The van der Waals surface area contributed by atoms with E-state index in [4.69, 9.17) is 0 Å². The van der Waals surface area contributed by atoms with E-state index in [9.17, 15) is 24.2 Å². The number of fused-ring (bicyclic) bond motifs is 1. The third-order valence-corrected chi connectivity index (χ3v) is 5.80. The monoisotopic (exact) mass is 439 g/mol. The normalized spacial score (nSPS) is 17.6. The Morgan fingerprint density at radius 3 is 2.21 bits per heavy atom. The maximum Gasteiger partial charge on any atom is 0.300 e. The molecule has 1 unspecified atom stereocenters. The van der Waals surface area contributed by atoms with Crippen molar-refractivity contribution < 1.29 is 24.2 Å². The van der Waals surface area contributed by atoms with Gasteiger partial charge in [-0.2, -0.15) is 0 Å². The van der Waals surface area contributed by atoms with Gasteiger partial charge in [-0.1, -0.05) is 54.6 Å². The lowest BCUT2D eigenvalue weighted by Crippen LogP contribution is -2.29. The third kappa shape index (κ3) is 3.42. The number of ketones is 1. The van der Waals surface area contributed by atoms with Gasteiger partial charge in [0.05, 0.1) is 11.6 Å². The minimum Gasteiger partial charge on any atom is -0.508 e. The molecule has 1 saturated heterocycles. The average molecular weight is 439 g/mol. The van der Waals surface area contributed by atoms with Crippen molar-refractivity contribution >= 4 is 33.9 Å². The zero-order valence-electron chi connectivity index (χ0n) is 17.3. The van der Waals surface area contributed by atoms with E-state index in [0.29, 0.717) is 16.8 Å². The predicted molar refractivity (Wildman–Crippen MR) is 123 cm³/mol. The Labute approximate surface area is 188 Å². The molecule has 33 heavy (non-hydrogen) atoms. The summed E-state index contributed by atoms with van der Waals surface area (Å²) >= 11 is 0. The molecule has 1 atom stereocenters. The van der Waals surface area contributed by atoms with Crippen molar-refractivity contribution in [2.75, 3.05) is 4.90 Å². The highest BCUT2D eigenvalue weighted by atomic mass is 19.1. The smallest absolute Gasteiger partial charge is 0.300 e. The van der Waals surface area contributed by atoms with Crippen molar-refractivity contribution in [1.29, 1.82) is 0 Å². The maximum absolute atomic E-state index is 13.5. The number of phenols is 1. The summed E-state index contributed by atoms with van der Waals surface area (Å²) in [5.41, 5.74) is 1.17. The SMILES string of the molecule is O=C1C(=O)N(c2ccc(F)cc2)C(c2ccc(O)cc2)/C1=C(/O)c1cccc2ccccc12. The topological polar surface area (TPSA) is 77.8 Å². The third-order valence-electron chi connectivity index (χ3n) is 5.80. The van der Waals surface area contributed by atoms with Gasteiger partial charge >= 0.3 is 0 Å². The lowest BCUT2D eigenvalue weighted by atomic mass is 9.93. The van der Waals surface area contributed by atoms with E-state index in [1.54, 1.807) is 24.3 Å². The van der Waals surface area contributed by atoms with Crippen molar-refractivity contribution in [1.82, 2.24) is 0 Å². The Balaban J connectivity index is 1.77. The molecule has 0 radical (unpaired) electrons. The first-order valence-corrected chi connectivity index (χ1v) is 10.3. The number of carbonyl (C=O) groups is 2. The molecule has 5 rings (SSSR count). The zero-order valence-corrected chi connectivity index (χ0v) is 17.3. The summed E-state index contributed by atoms with van der Waals surface area (Å²) in [5, 5.41) is 22.7. The van der Waals surface area contributed by atoms with Gasteiger partial charge in [0.2, 0.25) is 0 Å². The van der Waals surface area contributed by atoms with Crippen LogP contribution in [-0.4, -0.2) is 21.9 Å². The maximum atomic E-state index is 13.5. The second-order valence-corrected chi connectivity index (χ2v) is 7.76. The fourth-order valence-electron chi connectivity index (χ4n) is 4.25. The molecule has 0 aromatic heterocycles. The summed E-state index contributed by atoms with van der Waals surface area (Å²) < 4.78 is 13.5. The molecule has 1 heterocycles. The number of halogens is 1. The molecule has 2 N–H and O–H groups in total. The largest absolute Gasteiger partial charge is 0.508 e. The zero-order chi connectivity index (χ0) is 23.1. The van der Waals surface area contributed by atoms with Crippen molar-refractivity contribution in [3.63, 3.8) is 0 Å². The number of nitrogens with zero attached hydrogens (tertiary/aromatic N) is 1. The van der Waals surface area contributed by atoms with Crippen LogP contribution in [0.3, 0.4) is 0 Å². The van der Waals surface area contributed by atoms with Gasteiger partial charge in [-0.25, -0.2) is 4.39 Å². The minimum atomic E-state index is -0.963. The molecule has 0 saturated carbocycles. The Morgan fingerprint density at radius 2 is 1.48 bits per heavy atom. The standard InChI is InChI=1S/C27H18FNO4/c28-18-10-12-19(13-11-18)29-24(17-8-14-20(30)15-9-17)23(26(32)27(29)33)25(31)22-7-3-5-16-4-1-2-6-21(16)22/h1-15,24,30-31H/b25-23-. The van der Waals surface area contributed by atoms with Crippen molar-refractivity contribution in [3.8, 4) is 5.75 Å². The predicted octanol–water partition coefficient (Wildman–Crippen LogP) is 5.31. The Morgan fingerprint density at radius 1 is 0.818 bits per heavy atom. The molecule has 5 nitrogen and oxygen atoms in total. The number of phenolic OH excluding ortho intramolecular Hbond substituents is 1. The molecule has 1 aliphatic rings. The van der Waals surface area contributed by atoms with Crippen LogP contribution >= 0.6 is 0 Å². The molecule has 6 heteroatoms. The number of rotatable bonds is 3. The number of anilines is 1. The van der Waals surface area contributed by atoms with Crippen LogP contribution in [0.5, 0.6) is 5.75 Å². The van der Waals surface area contributed by atoms with E-state index in [0.717, 1.165) is 10.8 Å². The number of aromatic hydroxyl groups is 1. The van der Waals surface area contributed by atoms with E-state index in [1.165, 1.54) is 41.3 Å². The van der Waals surface area contributed by atoms with Gasteiger partial charge in [0.25, 0.3) is 11.7 Å². The molecule has 0 bridgehead atoms. The highest BCUT2D eigenvalue weighted by Gasteiger charge is 2.47. The van der Waals surface area contributed by atoms with Gasteiger partial charge in [0.1, 0.15) is 17.3 Å². The first kappa shape index (κ1) is 20.5. The van der Waals surface area contributed by atoms with E-state index in [1.807, 2.05) is 30.3 Å². The van der Waals surface area contributed by atoms with Crippen molar-refractivity contribution in [2.45, 2.75) is 6.04 Å². The van der Waals surface area contributed by atoms with Gasteiger partial charge in [-0.3, -0.25) is 14.5 Å². The Kier molecular flexibility index (Phi) is 4.90. The number of benzene rings is 4. The Bertz CT molecular complexity index is 1420. The molecule has 4 aromatic rings. The molecule has 4 aromatic carbocycles. The summed E-state index contributed by atoms with van der Waals surface area (Å²) in [6.07, 6.45) is 0. The van der Waals surface area contributed by atoms with Crippen LogP contribution in [-0.2, 0) is 9.59 Å². The van der Waals surface area contributed by atoms with Gasteiger partial charge in [-0.05, 0) is 52.7 Å². The summed E-state index contributed by atoms with van der Waals surface area (Å²) in [5.74, 6) is -2.43. The second-order valence-electron chi connectivity index (χ2n) is 7.76. The number of hydrogen-bond acceptors (Lipinski definition) is 4. The van der Waals surface area contributed by atoms with E-state index >= 15 is 0 Å². The van der Waals surface area contributed by atoms with Gasteiger partial charge in [-0.15, -0.1) is 0 Å². The fourth-order valence-corrected chi connectivity index (χ4v) is 4.25. The lowest BCUT2D eigenvalue weighted by molar-refractivity contribution is -0.132. The number of aliphatic hydroxyl groups excluding tert-OH is 1. The molecule has 1 aliphatic heterocycles. The molecular formula is C27H18FNO4. The van der Waals surface area contributed by atoms with E-state index in [2.05, 4.69) is 0 Å². The molecule has 1 amide bonds. The quantitative estimate of drug-likeness (QED) is 0.258. The molecule has 0 aliphatic carbocycles. The first-order chi connectivity index (χ1) is 16.0. The average Bonchev–Trinajstić information content (AvgIpc) is 3.10. The molecule has 0 spiro atoms. The van der Waals surface area contributed by atoms with Crippen LogP contribution < -0.4 is 4.90 Å². The number of carbonyl (C=O) groups excluding carboxylic acids is 2. The number of aliphatic hydroxyl groups is 1. The van der Waals surface area contributed by atoms with Crippen LogP contribution in [0.25, 0.3) is 16.5 Å². The van der Waals surface area contributed by atoms with Crippen LogP contribution in [0, 0.1) is 5.82 Å². The molecular weight excluding hydrogens is 421 g/mol. The minimum absolute atomic E-state index is 0.0199. The molecule has 1 fully saturated rings. The number of hydrogen-bond donors (Lipinski definition) is 2. The summed E-state index contributed by atoms with van der Waals surface area (Å²) in [4.78, 5) is 27.6. The highest BCUT2D eigenvalue weighted by Crippen LogP contribution is 2.43. The van der Waals surface area contributed by atoms with Crippen LogP contribution in [0.2, 0.25) is 0 Å². The highest BCUT2D eigenvalue weighted by molar-refractivity contribution is 6.51. The second kappa shape index (κ2) is 7.91. The van der Waals surface area contributed by atoms with Crippen molar-refractivity contribution in [2.24, 2.45) is 0 Å².